The van der Waals surface area contributed by atoms with Crippen LogP contribution < -0.4 is 10.6 Å². The highest BCUT2D eigenvalue weighted by Crippen LogP contribution is 2.35. The summed E-state index contributed by atoms with van der Waals surface area (Å²) in [5, 5.41) is 6.18. The van der Waals surface area contributed by atoms with Crippen LogP contribution in [0.25, 0.3) is 0 Å². The molecule has 0 spiro atoms. The Morgan fingerprint density at radius 1 is 1.24 bits per heavy atom. The maximum Gasteiger partial charge on any atom is 0.407 e. The van der Waals surface area contributed by atoms with E-state index in [-0.39, 0.29) is 12.1 Å². The van der Waals surface area contributed by atoms with E-state index in [1.54, 1.807) is 0 Å². The highest BCUT2D eigenvalue weighted by molar-refractivity contribution is 5.67. The van der Waals surface area contributed by atoms with Crippen LogP contribution in [0.2, 0.25) is 0 Å². The minimum atomic E-state index is -0.368. The number of fused-ring (bicyclic) bond motifs is 1. The van der Waals surface area contributed by atoms with Crippen molar-refractivity contribution in [1.29, 1.82) is 0 Å². The molecule has 0 saturated heterocycles. The van der Waals surface area contributed by atoms with E-state index < -0.39 is 0 Å². The van der Waals surface area contributed by atoms with Gasteiger partial charge in [0.05, 0.1) is 13.2 Å². The van der Waals surface area contributed by atoms with Gasteiger partial charge in [-0.3, -0.25) is 0 Å². The fraction of sp³-hybridized carbons (Fsp3) is 0.462. The van der Waals surface area contributed by atoms with Crippen LogP contribution in [-0.2, 0) is 4.74 Å². The zero-order valence-electron chi connectivity index (χ0n) is 10.2. The third-order valence-corrected chi connectivity index (χ3v) is 3.32. The summed E-state index contributed by atoms with van der Waals surface area (Å²) < 4.78 is 4.66. The largest absolute Gasteiger partial charge is 0.453 e. The third-order valence-electron chi connectivity index (χ3n) is 3.32. The molecule has 1 aliphatic carbocycles. The van der Waals surface area contributed by atoms with Gasteiger partial charge in [0.25, 0.3) is 0 Å². The number of carbonyl (C=O) groups is 1. The number of amides is 1. The Labute approximate surface area is 101 Å². The second-order valence-corrected chi connectivity index (χ2v) is 4.24. The van der Waals surface area contributed by atoms with Crippen molar-refractivity contribution in [2.75, 3.05) is 14.2 Å². The summed E-state index contributed by atoms with van der Waals surface area (Å²) in [5.74, 6) is 0. The molecule has 2 atom stereocenters. The number of nitrogens with one attached hydrogen (secondary N) is 2. The van der Waals surface area contributed by atoms with Crippen molar-refractivity contribution in [2.45, 2.75) is 24.9 Å². The summed E-state index contributed by atoms with van der Waals surface area (Å²) in [6, 6.07) is 8.65. The average molecular weight is 234 g/mol. The van der Waals surface area contributed by atoms with Crippen molar-refractivity contribution in [1.82, 2.24) is 10.6 Å². The molecule has 17 heavy (non-hydrogen) atoms. The Kier molecular flexibility index (Phi) is 3.64. The molecule has 4 nitrogen and oxygen atoms in total. The van der Waals surface area contributed by atoms with Gasteiger partial charge in [0.2, 0.25) is 0 Å². The van der Waals surface area contributed by atoms with Crippen molar-refractivity contribution in [2.24, 2.45) is 0 Å². The minimum absolute atomic E-state index is 0.0586. The van der Waals surface area contributed by atoms with Crippen LogP contribution in [0.1, 0.15) is 36.1 Å². The van der Waals surface area contributed by atoms with Gasteiger partial charge in [0, 0.05) is 6.04 Å². The predicted molar refractivity (Wildman–Crippen MR) is 65.8 cm³/mol. The molecule has 92 valence electrons. The second-order valence-electron chi connectivity index (χ2n) is 4.24. The summed E-state index contributed by atoms with van der Waals surface area (Å²) in [7, 11) is 3.36. The summed E-state index contributed by atoms with van der Waals surface area (Å²) >= 11 is 0. The average Bonchev–Trinajstić information content (AvgIpc) is 2.39. The lowest BCUT2D eigenvalue weighted by atomic mass is 9.84. The maximum absolute atomic E-state index is 11.3. The zero-order chi connectivity index (χ0) is 12.3. The fourth-order valence-electron chi connectivity index (χ4n) is 2.44. The molecule has 0 aliphatic heterocycles. The Morgan fingerprint density at radius 2 is 1.82 bits per heavy atom. The second kappa shape index (κ2) is 5.19. The number of hydrogen-bond donors (Lipinski definition) is 2. The molecule has 0 radical (unpaired) electrons. The van der Waals surface area contributed by atoms with E-state index in [4.69, 9.17) is 0 Å². The number of methoxy groups -OCH3 is 1. The lowest BCUT2D eigenvalue weighted by molar-refractivity contribution is 0.164. The normalized spacial score (nSPS) is 22.7. The van der Waals surface area contributed by atoms with Crippen LogP contribution >= 0.6 is 0 Å². The van der Waals surface area contributed by atoms with Crippen LogP contribution in [0, 0.1) is 0 Å². The molecule has 0 saturated carbocycles. The first-order valence-electron chi connectivity index (χ1n) is 5.87. The molecule has 0 aromatic heterocycles. The van der Waals surface area contributed by atoms with Gasteiger partial charge < -0.3 is 15.4 Å². The van der Waals surface area contributed by atoms with Crippen molar-refractivity contribution in [3.63, 3.8) is 0 Å². The lowest BCUT2D eigenvalue weighted by Gasteiger charge is -2.31. The molecular weight excluding hydrogens is 216 g/mol. The van der Waals surface area contributed by atoms with E-state index in [1.807, 2.05) is 19.2 Å². The van der Waals surface area contributed by atoms with Gasteiger partial charge in [-0.25, -0.2) is 4.79 Å². The number of carbonyl (C=O) groups excluding carboxylic acids is 1. The van der Waals surface area contributed by atoms with Gasteiger partial charge >= 0.3 is 6.09 Å². The SMILES string of the molecule is CNC1CCC(NC(=O)OC)c2ccccc21. The molecule has 1 aliphatic rings. The molecule has 2 N–H and O–H groups in total. The van der Waals surface area contributed by atoms with Gasteiger partial charge in [-0.05, 0) is 31.0 Å². The summed E-state index contributed by atoms with van der Waals surface area (Å²) in [6.07, 6.45) is 1.58. The first-order chi connectivity index (χ1) is 8.26. The minimum Gasteiger partial charge on any atom is -0.453 e. The third kappa shape index (κ3) is 2.42. The number of alkyl carbamates (subject to hydrolysis) is 1. The van der Waals surface area contributed by atoms with Crippen LogP contribution in [0.4, 0.5) is 4.79 Å². The summed E-state index contributed by atoms with van der Waals surface area (Å²) in [4.78, 5) is 11.3. The van der Waals surface area contributed by atoms with Gasteiger partial charge in [0.1, 0.15) is 0 Å². The molecule has 1 aromatic rings. The number of hydrogen-bond acceptors (Lipinski definition) is 3. The van der Waals surface area contributed by atoms with Crippen LogP contribution in [0.3, 0.4) is 0 Å². The van der Waals surface area contributed by atoms with Crippen molar-refractivity contribution in [3.8, 4) is 0 Å². The van der Waals surface area contributed by atoms with Crippen LogP contribution in [-0.4, -0.2) is 20.3 Å². The monoisotopic (exact) mass is 234 g/mol. The van der Waals surface area contributed by atoms with E-state index in [0.717, 1.165) is 12.8 Å². The molecule has 1 amide bonds. The number of rotatable bonds is 2. The molecule has 2 unspecified atom stereocenters. The molecule has 0 fully saturated rings. The Balaban J connectivity index is 2.25. The van der Waals surface area contributed by atoms with E-state index >= 15 is 0 Å². The van der Waals surface area contributed by atoms with Crippen molar-refractivity contribution >= 4 is 6.09 Å². The number of benzene rings is 1. The van der Waals surface area contributed by atoms with Crippen LogP contribution in [0.5, 0.6) is 0 Å². The molecule has 0 bridgehead atoms. The Hall–Kier alpha value is -1.55. The summed E-state index contributed by atoms with van der Waals surface area (Å²) in [6.45, 7) is 0. The predicted octanol–water partition coefficient (Wildman–Crippen LogP) is 2.14. The maximum atomic E-state index is 11.3. The van der Waals surface area contributed by atoms with Crippen molar-refractivity contribution < 1.29 is 9.53 Å². The Bertz CT molecular complexity index is 406. The van der Waals surface area contributed by atoms with E-state index in [1.165, 1.54) is 18.2 Å². The molecule has 4 heteroatoms. The van der Waals surface area contributed by atoms with E-state index in [2.05, 4.69) is 27.5 Å². The highest BCUT2D eigenvalue weighted by atomic mass is 16.5. The Morgan fingerprint density at radius 3 is 2.41 bits per heavy atom. The number of ether oxygens (including phenoxy) is 1. The zero-order valence-corrected chi connectivity index (χ0v) is 10.2. The topological polar surface area (TPSA) is 50.4 Å². The molecule has 1 aromatic carbocycles. The molecular formula is C13H18N2O2. The fourth-order valence-corrected chi connectivity index (χ4v) is 2.44. The van der Waals surface area contributed by atoms with E-state index in [9.17, 15) is 4.79 Å². The first-order valence-corrected chi connectivity index (χ1v) is 5.87. The van der Waals surface area contributed by atoms with Crippen LogP contribution in [0.15, 0.2) is 24.3 Å². The molecule has 2 rings (SSSR count). The highest BCUT2D eigenvalue weighted by Gasteiger charge is 2.26. The van der Waals surface area contributed by atoms with E-state index in [0.29, 0.717) is 6.04 Å². The van der Waals surface area contributed by atoms with Gasteiger partial charge in [0.15, 0.2) is 0 Å². The lowest BCUT2D eigenvalue weighted by Crippen LogP contribution is -2.33. The molecule has 0 heterocycles. The standard InChI is InChI=1S/C13H18N2O2/c1-14-11-7-8-12(15-13(16)17-2)10-6-4-3-5-9(10)11/h3-6,11-12,14H,7-8H2,1-2H3,(H,15,16). The van der Waals surface area contributed by atoms with Gasteiger partial charge in [-0.15, -0.1) is 0 Å². The summed E-state index contributed by atoms with van der Waals surface area (Å²) in [5.41, 5.74) is 2.45. The van der Waals surface area contributed by atoms with Crippen molar-refractivity contribution in [3.05, 3.63) is 35.4 Å². The van der Waals surface area contributed by atoms with Gasteiger partial charge in [-0.1, -0.05) is 24.3 Å². The quantitative estimate of drug-likeness (QED) is 0.824. The smallest absolute Gasteiger partial charge is 0.407 e. The van der Waals surface area contributed by atoms with Gasteiger partial charge in [-0.2, -0.15) is 0 Å². The first kappa shape index (κ1) is 11.9.